The number of nitrogens with one attached hydrogen (secondary N) is 1. The first-order chi connectivity index (χ1) is 8.83. The van der Waals surface area contributed by atoms with E-state index in [2.05, 4.69) is 0 Å². The highest BCUT2D eigenvalue weighted by molar-refractivity contribution is 7.93. The largest absolute Gasteiger partial charge is 0.461 e. The molecule has 114 valence electrons. The van der Waals surface area contributed by atoms with Gasteiger partial charge in [-0.25, -0.2) is 0 Å². The van der Waals surface area contributed by atoms with Crippen LogP contribution in [-0.4, -0.2) is 25.8 Å². The molecule has 1 rings (SSSR count). The Morgan fingerprint density at radius 3 is 1.70 bits per heavy atom. The Bertz CT molecular complexity index is 568. The molecule has 0 heterocycles. The highest BCUT2D eigenvalue weighted by atomic mass is 32.2. The molecule has 0 amide bonds. The van der Waals surface area contributed by atoms with Crippen LogP contribution in [0.2, 0.25) is 0 Å². The molecule has 0 aromatic heterocycles. The Morgan fingerprint density at radius 2 is 1.30 bits per heavy atom. The third-order valence-electron chi connectivity index (χ3n) is 2.09. The summed E-state index contributed by atoms with van der Waals surface area (Å²) in [6.45, 7) is 0. The quantitative estimate of drug-likeness (QED) is 0.864. The highest BCUT2D eigenvalue weighted by Gasteiger charge is 2.78. The molecule has 0 fully saturated rings. The first kappa shape index (κ1) is 16.5. The Kier molecular flexibility index (Phi) is 3.96. The lowest BCUT2D eigenvalue weighted by molar-refractivity contribution is -0.332. The second-order valence-corrected chi connectivity index (χ2v) is 5.28. The summed E-state index contributed by atoms with van der Waals surface area (Å²) in [5, 5.41) is -6.37. The normalized spacial score (nSPS) is 14.2. The van der Waals surface area contributed by atoms with Gasteiger partial charge < -0.3 is 0 Å². The van der Waals surface area contributed by atoms with Crippen molar-refractivity contribution in [1.82, 2.24) is 0 Å². The van der Waals surface area contributed by atoms with Gasteiger partial charge in [-0.15, -0.1) is 0 Å². The summed E-state index contributed by atoms with van der Waals surface area (Å²) in [6.07, 6.45) is -6.72. The third kappa shape index (κ3) is 2.67. The molecule has 0 radical (unpaired) electrons. The molecule has 0 aliphatic rings. The second-order valence-electron chi connectivity index (χ2n) is 3.56. The van der Waals surface area contributed by atoms with E-state index < -0.39 is 33.1 Å². The zero-order valence-corrected chi connectivity index (χ0v) is 10.1. The summed E-state index contributed by atoms with van der Waals surface area (Å²) in [5.41, 5.74) is -0.579. The van der Waals surface area contributed by atoms with Gasteiger partial charge >= 0.3 is 27.4 Å². The number of alkyl halides is 7. The van der Waals surface area contributed by atoms with Gasteiger partial charge in [-0.2, -0.15) is 39.2 Å². The number of halogens is 7. The van der Waals surface area contributed by atoms with Crippen LogP contribution < -0.4 is 4.72 Å². The first-order valence-corrected chi connectivity index (χ1v) is 6.21. The molecule has 1 aromatic carbocycles. The van der Waals surface area contributed by atoms with Crippen molar-refractivity contribution in [3.8, 4) is 0 Å². The fourth-order valence-electron chi connectivity index (χ4n) is 1.06. The molecular formula is C9H6F7NO2S. The Labute approximate surface area is 108 Å². The SMILES string of the molecule is O=S(=O)(Nc1ccccc1)C(F)(F)C(F)(F)C(F)(F)F. The van der Waals surface area contributed by atoms with E-state index in [1.54, 1.807) is 0 Å². The van der Waals surface area contributed by atoms with Gasteiger partial charge in [0.05, 0.1) is 0 Å². The lowest BCUT2D eigenvalue weighted by Gasteiger charge is -2.27. The fraction of sp³-hybridized carbons (Fsp3) is 0.333. The molecule has 0 bridgehead atoms. The van der Waals surface area contributed by atoms with Crippen molar-refractivity contribution < 1.29 is 39.2 Å². The predicted octanol–water partition coefficient (Wildman–Crippen LogP) is 3.22. The predicted molar refractivity (Wildman–Crippen MR) is 54.9 cm³/mol. The number of sulfonamides is 1. The number of para-hydroxylation sites is 1. The van der Waals surface area contributed by atoms with Gasteiger partial charge in [0, 0.05) is 5.69 Å². The van der Waals surface area contributed by atoms with Crippen molar-refractivity contribution in [3.63, 3.8) is 0 Å². The summed E-state index contributed by atoms with van der Waals surface area (Å²) >= 11 is 0. The fourth-order valence-corrected chi connectivity index (χ4v) is 2.09. The molecule has 0 aliphatic carbocycles. The molecule has 1 N–H and O–H groups in total. The lowest BCUT2D eigenvalue weighted by atomic mass is 10.3. The third-order valence-corrected chi connectivity index (χ3v) is 3.52. The molecule has 20 heavy (non-hydrogen) atoms. The Hall–Kier alpha value is -1.52. The first-order valence-electron chi connectivity index (χ1n) is 4.73. The van der Waals surface area contributed by atoms with Gasteiger partial charge in [0.2, 0.25) is 0 Å². The maximum absolute atomic E-state index is 13.0. The van der Waals surface area contributed by atoms with Crippen molar-refractivity contribution in [2.75, 3.05) is 4.72 Å². The van der Waals surface area contributed by atoms with Gasteiger partial charge in [-0.1, -0.05) is 18.2 Å². The van der Waals surface area contributed by atoms with Gasteiger partial charge in [0.25, 0.3) is 0 Å². The van der Waals surface area contributed by atoms with Crippen molar-refractivity contribution in [2.24, 2.45) is 0 Å². The van der Waals surface area contributed by atoms with Crippen LogP contribution in [0, 0.1) is 0 Å². The topological polar surface area (TPSA) is 46.2 Å². The zero-order valence-electron chi connectivity index (χ0n) is 9.26. The molecule has 0 spiro atoms. The summed E-state index contributed by atoms with van der Waals surface area (Å²) in [6, 6.07) is 5.48. The maximum atomic E-state index is 13.0. The molecule has 11 heteroatoms. The van der Waals surface area contributed by atoms with E-state index in [4.69, 9.17) is 0 Å². The number of anilines is 1. The average molecular weight is 325 g/mol. The minimum atomic E-state index is -6.74. The van der Waals surface area contributed by atoms with Crippen LogP contribution in [0.25, 0.3) is 0 Å². The number of rotatable bonds is 4. The summed E-state index contributed by atoms with van der Waals surface area (Å²) in [7, 11) is -6.31. The second kappa shape index (κ2) is 4.79. The minimum Gasteiger partial charge on any atom is -0.278 e. The Balaban J connectivity index is 3.20. The van der Waals surface area contributed by atoms with Crippen LogP contribution in [-0.2, 0) is 10.0 Å². The number of hydrogen-bond acceptors (Lipinski definition) is 2. The van der Waals surface area contributed by atoms with E-state index in [1.165, 1.54) is 6.07 Å². The van der Waals surface area contributed by atoms with Crippen LogP contribution >= 0.6 is 0 Å². The van der Waals surface area contributed by atoms with E-state index in [1.807, 2.05) is 0 Å². The minimum absolute atomic E-state index is 0.579. The van der Waals surface area contributed by atoms with Crippen molar-refractivity contribution >= 4 is 15.7 Å². The van der Waals surface area contributed by atoms with Crippen LogP contribution in [0.1, 0.15) is 0 Å². The molecule has 0 aliphatic heterocycles. The Morgan fingerprint density at radius 1 is 0.850 bits per heavy atom. The van der Waals surface area contributed by atoms with E-state index in [0.29, 0.717) is 0 Å². The van der Waals surface area contributed by atoms with Crippen LogP contribution in [0.3, 0.4) is 0 Å². The summed E-state index contributed by atoms with van der Waals surface area (Å²) < 4.78 is 110. The highest BCUT2D eigenvalue weighted by Crippen LogP contribution is 2.49. The van der Waals surface area contributed by atoms with Gasteiger partial charge in [0.15, 0.2) is 0 Å². The van der Waals surface area contributed by atoms with E-state index >= 15 is 0 Å². The summed E-state index contributed by atoms with van der Waals surface area (Å²) in [4.78, 5) is 0. The average Bonchev–Trinajstić information content (AvgIpc) is 2.27. The lowest BCUT2D eigenvalue weighted by Crippen LogP contribution is -2.57. The maximum Gasteiger partial charge on any atom is 0.461 e. The molecule has 0 unspecified atom stereocenters. The van der Waals surface area contributed by atoms with Gasteiger partial charge in [0.1, 0.15) is 0 Å². The monoisotopic (exact) mass is 325 g/mol. The molecule has 0 saturated heterocycles. The van der Waals surface area contributed by atoms with Gasteiger partial charge in [-0.3, -0.25) is 4.72 Å². The number of hydrogen-bond donors (Lipinski definition) is 1. The van der Waals surface area contributed by atoms with Crippen LogP contribution in [0.4, 0.5) is 36.4 Å². The summed E-state index contributed by atoms with van der Waals surface area (Å²) in [5.74, 6) is -6.74. The molecule has 1 aromatic rings. The van der Waals surface area contributed by atoms with Crippen molar-refractivity contribution in [2.45, 2.75) is 17.4 Å². The molecule has 0 saturated carbocycles. The standard InChI is InChI=1S/C9H6F7NO2S/c10-7(11,8(12,13)14)9(15,16)20(18,19)17-6-4-2-1-3-5-6/h1-5,17H. The smallest absolute Gasteiger partial charge is 0.278 e. The van der Waals surface area contributed by atoms with Gasteiger partial charge in [-0.05, 0) is 12.1 Å². The van der Waals surface area contributed by atoms with E-state index in [-0.39, 0.29) is 0 Å². The molecule has 0 atom stereocenters. The van der Waals surface area contributed by atoms with Crippen molar-refractivity contribution in [1.29, 1.82) is 0 Å². The van der Waals surface area contributed by atoms with Crippen molar-refractivity contribution in [3.05, 3.63) is 30.3 Å². The van der Waals surface area contributed by atoms with Crippen LogP contribution in [0.15, 0.2) is 30.3 Å². The molecule has 3 nitrogen and oxygen atoms in total. The van der Waals surface area contributed by atoms with E-state index in [0.717, 1.165) is 29.0 Å². The zero-order chi connectivity index (χ0) is 15.8. The molecular weight excluding hydrogens is 319 g/mol. The van der Waals surface area contributed by atoms with Crippen LogP contribution in [0.5, 0.6) is 0 Å². The van der Waals surface area contributed by atoms with E-state index in [9.17, 15) is 39.2 Å². The number of benzene rings is 1.